The number of hydrogen-bond donors (Lipinski definition) is 1. The molecule has 64 heavy (non-hydrogen) atoms. The lowest BCUT2D eigenvalue weighted by Crippen LogP contribution is -2.28. The molecule has 0 aromatic heterocycles. The fourth-order valence-corrected chi connectivity index (χ4v) is 6.90. The number of unbranched alkanes of at least 4 members (excludes halogenated alkanes) is 18. The van der Waals surface area contributed by atoms with Gasteiger partial charge in [0, 0.05) is 12.8 Å². The topological polar surface area (TPSA) is 72.8 Å². The van der Waals surface area contributed by atoms with Crippen LogP contribution in [0.15, 0.2) is 122 Å². The highest BCUT2D eigenvalue weighted by Crippen LogP contribution is 2.14. The van der Waals surface area contributed by atoms with Crippen molar-refractivity contribution >= 4 is 11.9 Å². The standard InChI is InChI=1S/C59H96O5/c1-3-5-7-9-11-13-15-17-19-21-23-25-27-29-31-33-35-37-39-41-43-45-47-49-51-53-58(61)63-56-57(55-60)64-59(62)54-52-50-48-46-44-42-40-38-36-34-32-30-28-26-24-22-20-18-16-14-12-10-8-6-4-2/h5-8,11-14,17-20,23-26,30,32,36,38,57,60H,3-4,9-10,15-16,21-22,27-29,31,33-35,37,39-56H2,1-2H3/b7-5-,8-6-,13-11-,14-12-,19-17-,20-18-,25-23-,26-24-,32-30-,38-36-. The first-order chi connectivity index (χ1) is 31.6. The average molecular weight is 885 g/mol. The number of carbonyl (C=O) groups is 2. The monoisotopic (exact) mass is 885 g/mol. The summed E-state index contributed by atoms with van der Waals surface area (Å²) in [6.45, 7) is 3.90. The molecule has 1 N–H and O–H groups in total. The predicted molar refractivity (Wildman–Crippen MR) is 278 cm³/mol. The molecule has 0 radical (unpaired) electrons. The second-order valence-electron chi connectivity index (χ2n) is 16.8. The minimum atomic E-state index is -0.790. The van der Waals surface area contributed by atoms with E-state index in [-0.39, 0.29) is 25.2 Å². The third kappa shape index (κ3) is 50.9. The molecule has 0 fully saturated rings. The van der Waals surface area contributed by atoms with Crippen molar-refractivity contribution in [3.63, 3.8) is 0 Å². The first-order valence-electron chi connectivity index (χ1n) is 26.1. The van der Waals surface area contributed by atoms with Gasteiger partial charge in [-0.2, -0.15) is 0 Å². The molecule has 362 valence electrons. The Morgan fingerprint density at radius 3 is 0.938 bits per heavy atom. The van der Waals surface area contributed by atoms with Crippen LogP contribution >= 0.6 is 0 Å². The molecular formula is C59H96O5. The molecule has 5 nitrogen and oxygen atoms in total. The Bertz CT molecular complexity index is 1320. The van der Waals surface area contributed by atoms with E-state index in [1.165, 1.54) is 83.5 Å². The maximum Gasteiger partial charge on any atom is 0.306 e. The summed E-state index contributed by atoms with van der Waals surface area (Å²) in [4.78, 5) is 24.5. The van der Waals surface area contributed by atoms with Gasteiger partial charge in [0.1, 0.15) is 6.61 Å². The number of hydrogen-bond acceptors (Lipinski definition) is 5. The number of aliphatic hydroxyl groups is 1. The van der Waals surface area contributed by atoms with Gasteiger partial charge in [0.2, 0.25) is 0 Å². The van der Waals surface area contributed by atoms with E-state index >= 15 is 0 Å². The minimum absolute atomic E-state index is 0.0802. The van der Waals surface area contributed by atoms with Gasteiger partial charge in [0.05, 0.1) is 6.61 Å². The molecule has 0 aromatic carbocycles. The lowest BCUT2D eigenvalue weighted by molar-refractivity contribution is -0.161. The number of rotatable bonds is 46. The summed E-state index contributed by atoms with van der Waals surface area (Å²) >= 11 is 0. The van der Waals surface area contributed by atoms with Gasteiger partial charge >= 0.3 is 11.9 Å². The predicted octanol–water partition coefficient (Wildman–Crippen LogP) is 17.5. The van der Waals surface area contributed by atoms with Gasteiger partial charge in [0.25, 0.3) is 0 Å². The van der Waals surface area contributed by atoms with Crippen molar-refractivity contribution in [2.45, 2.75) is 225 Å². The molecule has 0 saturated heterocycles. The van der Waals surface area contributed by atoms with E-state index in [0.717, 1.165) is 109 Å². The molecule has 0 rings (SSSR count). The largest absolute Gasteiger partial charge is 0.462 e. The molecule has 0 aromatic rings. The highest BCUT2D eigenvalue weighted by atomic mass is 16.6. The van der Waals surface area contributed by atoms with Crippen LogP contribution in [-0.4, -0.2) is 36.4 Å². The molecule has 1 atom stereocenters. The van der Waals surface area contributed by atoms with Gasteiger partial charge in [-0.3, -0.25) is 9.59 Å². The molecule has 1 unspecified atom stereocenters. The number of allylic oxidation sites excluding steroid dienone is 20. The van der Waals surface area contributed by atoms with Crippen LogP contribution in [0.25, 0.3) is 0 Å². The molecule has 0 spiro atoms. The second-order valence-corrected chi connectivity index (χ2v) is 16.8. The summed E-state index contributed by atoms with van der Waals surface area (Å²) in [6, 6.07) is 0. The molecule has 0 aliphatic heterocycles. The number of carbonyl (C=O) groups excluding carboxylic acids is 2. The van der Waals surface area contributed by atoms with Gasteiger partial charge < -0.3 is 14.6 Å². The van der Waals surface area contributed by atoms with Crippen LogP contribution in [0.5, 0.6) is 0 Å². The Morgan fingerprint density at radius 2 is 0.625 bits per heavy atom. The fourth-order valence-electron chi connectivity index (χ4n) is 6.90. The summed E-state index contributed by atoms with van der Waals surface area (Å²) in [5.41, 5.74) is 0. The maximum atomic E-state index is 12.3. The van der Waals surface area contributed by atoms with E-state index < -0.39 is 6.10 Å². The molecular weight excluding hydrogens is 789 g/mol. The second kappa shape index (κ2) is 53.6. The van der Waals surface area contributed by atoms with Crippen LogP contribution in [-0.2, 0) is 19.1 Å². The van der Waals surface area contributed by atoms with Crippen molar-refractivity contribution < 1.29 is 24.2 Å². The van der Waals surface area contributed by atoms with Crippen LogP contribution in [0.4, 0.5) is 0 Å². The zero-order chi connectivity index (χ0) is 46.3. The van der Waals surface area contributed by atoms with Crippen LogP contribution in [0, 0.1) is 0 Å². The van der Waals surface area contributed by atoms with E-state index in [4.69, 9.17) is 9.47 Å². The molecule has 0 amide bonds. The third-order valence-corrected chi connectivity index (χ3v) is 10.8. The summed E-state index contributed by atoms with van der Waals surface area (Å²) in [5.74, 6) is -0.616. The Balaban J connectivity index is 3.58. The average Bonchev–Trinajstić information content (AvgIpc) is 3.30. The summed E-state index contributed by atoms with van der Waals surface area (Å²) in [6.07, 6.45) is 78.6. The van der Waals surface area contributed by atoms with E-state index in [9.17, 15) is 14.7 Å². The van der Waals surface area contributed by atoms with Crippen LogP contribution in [0.3, 0.4) is 0 Å². The first kappa shape index (κ1) is 60.3. The van der Waals surface area contributed by atoms with E-state index in [1.807, 2.05) is 0 Å². The molecule has 5 heteroatoms. The van der Waals surface area contributed by atoms with Crippen molar-refractivity contribution in [3.8, 4) is 0 Å². The Kier molecular flexibility index (Phi) is 50.5. The van der Waals surface area contributed by atoms with E-state index in [2.05, 4.69) is 135 Å². The lowest BCUT2D eigenvalue weighted by atomic mass is 10.0. The quantitative estimate of drug-likeness (QED) is 0.0375. The highest BCUT2D eigenvalue weighted by molar-refractivity contribution is 5.70. The SMILES string of the molecule is CC/C=C\C/C=C\C/C=C\C/C=C\C/C=C\C/C=C\CCCCCCCCC(=O)OC(CO)COC(=O)CCCCCCCCCCCCCC/C=C\C/C=C\C/C=C\C/C=C\CC. The summed E-state index contributed by atoms with van der Waals surface area (Å²) < 4.78 is 10.7. The smallest absolute Gasteiger partial charge is 0.306 e. The maximum absolute atomic E-state index is 12.3. The third-order valence-electron chi connectivity index (χ3n) is 10.8. The first-order valence-corrected chi connectivity index (χ1v) is 26.1. The van der Waals surface area contributed by atoms with Gasteiger partial charge in [0.15, 0.2) is 6.10 Å². The Labute approximate surface area is 394 Å². The van der Waals surface area contributed by atoms with Gasteiger partial charge in [-0.25, -0.2) is 0 Å². The summed E-state index contributed by atoms with van der Waals surface area (Å²) in [7, 11) is 0. The number of aliphatic hydroxyl groups excluding tert-OH is 1. The minimum Gasteiger partial charge on any atom is -0.462 e. The highest BCUT2D eigenvalue weighted by Gasteiger charge is 2.16. The summed E-state index contributed by atoms with van der Waals surface area (Å²) in [5, 5.41) is 9.64. The van der Waals surface area contributed by atoms with Crippen LogP contribution in [0.2, 0.25) is 0 Å². The molecule has 0 aliphatic rings. The lowest BCUT2D eigenvalue weighted by Gasteiger charge is -2.15. The fraction of sp³-hybridized carbons (Fsp3) is 0.627. The number of ether oxygens (including phenoxy) is 2. The number of esters is 2. The Hall–Kier alpha value is -3.70. The zero-order valence-corrected chi connectivity index (χ0v) is 41.2. The van der Waals surface area contributed by atoms with E-state index in [1.54, 1.807) is 0 Å². The van der Waals surface area contributed by atoms with Gasteiger partial charge in [-0.15, -0.1) is 0 Å². The van der Waals surface area contributed by atoms with E-state index in [0.29, 0.717) is 12.8 Å². The van der Waals surface area contributed by atoms with Crippen molar-refractivity contribution in [3.05, 3.63) is 122 Å². The molecule has 0 saturated carbocycles. The van der Waals surface area contributed by atoms with Crippen molar-refractivity contribution in [2.24, 2.45) is 0 Å². The van der Waals surface area contributed by atoms with Crippen molar-refractivity contribution in [1.82, 2.24) is 0 Å². The van der Waals surface area contributed by atoms with Crippen molar-refractivity contribution in [1.29, 1.82) is 0 Å². The zero-order valence-electron chi connectivity index (χ0n) is 41.2. The molecule has 0 aliphatic carbocycles. The van der Waals surface area contributed by atoms with Gasteiger partial charge in [-0.1, -0.05) is 225 Å². The van der Waals surface area contributed by atoms with Crippen LogP contribution in [0.1, 0.15) is 219 Å². The van der Waals surface area contributed by atoms with Crippen molar-refractivity contribution in [2.75, 3.05) is 13.2 Å². The molecule has 0 heterocycles. The van der Waals surface area contributed by atoms with Crippen LogP contribution < -0.4 is 0 Å². The van der Waals surface area contributed by atoms with Gasteiger partial charge in [-0.05, 0) is 103 Å². The normalized spacial score (nSPS) is 13.2. The Morgan fingerprint density at radius 1 is 0.359 bits per heavy atom. The molecule has 0 bridgehead atoms.